The molecule has 0 saturated carbocycles. The van der Waals surface area contributed by atoms with Crippen LogP contribution in [0.15, 0.2) is 22.7 Å². The maximum atomic E-state index is 11.8. The first-order valence-electron chi connectivity index (χ1n) is 6.29. The molecule has 0 spiro atoms. The second-order valence-corrected chi connectivity index (χ2v) is 5.54. The van der Waals surface area contributed by atoms with Gasteiger partial charge >= 0.3 is 0 Å². The Morgan fingerprint density at radius 2 is 2.05 bits per heavy atom. The summed E-state index contributed by atoms with van der Waals surface area (Å²) < 4.78 is 0.857. The van der Waals surface area contributed by atoms with E-state index in [0.29, 0.717) is 6.54 Å². The first-order valence-corrected chi connectivity index (χ1v) is 7.08. The van der Waals surface area contributed by atoms with E-state index in [1.165, 1.54) is 0 Å². The number of likely N-dealkylation sites (N-methyl/N-ethyl adjacent to an activating group) is 2. The minimum absolute atomic E-state index is 0.0672. The van der Waals surface area contributed by atoms with Crippen molar-refractivity contribution in [3.63, 3.8) is 0 Å². The van der Waals surface area contributed by atoms with E-state index >= 15 is 0 Å². The summed E-state index contributed by atoms with van der Waals surface area (Å²) in [6, 6.07) is 5.75. The van der Waals surface area contributed by atoms with Gasteiger partial charge in [0.15, 0.2) is 0 Å². The fourth-order valence-corrected chi connectivity index (χ4v) is 2.44. The lowest BCUT2D eigenvalue weighted by atomic mass is 10.1. The van der Waals surface area contributed by atoms with Gasteiger partial charge in [-0.15, -0.1) is 0 Å². The van der Waals surface area contributed by atoms with Crippen LogP contribution >= 0.6 is 15.9 Å². The molecule has 0 aliphatic carbocycles. The summed E-state index contributed by atoms with van der Waals surface area (Å²) in [4.78, 5) is 15.4. The molecule has 0 radical (unpaired) electrons. The number of nitrogens with zero attached hydrogens (tertiary/aromatic N) is 2. The van der Waals surface area contributed by atoms with Crippen molar-refractivity contribution in [1.82, 2.24) is 4.90 Å². The van der Waals surface area contributed by atoms with E-state index in [2.05, 4.69) is 15.9 Å². The lowest BCUT2D eigenvalue weighted by Crippen LogP contribution is -2.36. The zero-order chi connectivity index (χ0) is 14.6. The molecular weight excluding hydrogens is 308 g/mol. The lowest BCUT2D eigenvalue weighted by Gasteiger charge is -2.25. The van der Waals surface area contributed by atoms with Gasteiger partial charge in [0.1, 0.15) is 0 Å². The summed E-state index contributed by atoms with van der Waals surface area (Å²) in [5.41, 5.74) is 1.81. The van der Waals surface area contributed by atoms with Crippen LogP contribution in [0.25, 0.3) is 0 Å². The number of amides is 1. The van der Waals surface area contributed by atoms with Gasteiger partial charge in [0.2, 0.25) is 5.91 Å². The third kappa shape index (κ3) is 4.21. The van der Waals surface area contributed by atoms with Crippen LogP contribution in [0.2, 0.25) is 0 Å². The molecule has 4 nitrogen and oxygen atoms in total. The molecule has 1 rings (SSSR count). The minimum Gasteiger partial charge on any atom is -0.389 e. The molecule has 1 amide bonds. The number of halogens is 1. The molecule has 1 aromatic carbocycles. The molecule has 1 N–H and O–H groups in total. The van der Waals surface area contributed by atoms with Crippen LogP contribution in [0.4, 0.5) is 5.69 Å². The fourth-order valence-electron chi connectivity index (χ4n) is 1.74. The number of carbonyl (C=O) groups excluding carboxylic acids is 1. The van der Waals surface area contributed by atoms with Gasteiger partial charge in [0, 0.05) is 30.8 Å². The van der Waals surface area contributed by atoms with Crippen LogP contribution in [0, 0.1) is 0 Å². The number of anilines is 1. The standard InChI is InChI=1S/C14H21BrN2O2/c1-5-17(9-14(19)16(3)4)11-6-7-12(10(2)18)13(15)8-11/h6-8,10,18H,5,9H2,1-4H3/t10-/m0/s1. The monoisotopic (exact) mass is 328 g/mol. The number of aliphatic hydroxyl groups excluding tert-OH is 1. The van der Waals surface area contributed by atoms with Gasteiger partial charge in [0.05, 0.1) is 12.6 Å². The fraction of sp³-hybridized carbons (Fsp3) is 0.500. The smallest absolute Gasteiger partial charge is 0.241 e. The maximum absolute atomic E-state index is 11.8. The van der Waals surface area contributed by atoms with E-state index in [-0.39, 0.29) is 5.91 Å². The Morgan fingerprint density at radius 1 is 1.42 bits per heavy atom. The van der Waals surface area contributed by atoms with Crippen LogP contribution in [0.5, 0.6) is 0 Å². The third-order valence-corrected chi connectivity index (χ3v) is 3.69. The summed E-state index contributed by atoms with van der Waals surface area (Å²) in [6.07, 6.45) is -0.512. The molecule has 0 aromatic heterocycles. The van der Waals surface area contributed by atoms with Crippen molar-refractivity contribution in [1.29, 1.82) is 0 Å². The van der Waals surface area contributed by atoms with E-state index in [1.807, 2.05) is 30.0 Å². The van der Waals surface area contributed by atoms with E-state index in [4.69, 9.17) is 0 Å². The number of aliphatic hydroxyl groups is 1. The van der Waals surface area contributed by atoms with Crippen molar-refractivity contribution in [2.75, 3.05) is 32.1 Å². The largest absolute Gasteiger partial charge is 0.389 e. The highest BCUT2D eigenvalue weighted by atomic mass is 79.9. The molecule has 0 aliphatic heterocycles. The predicted octanol–water partition coefficient (Wildman–Crippen LogP) is 2.42. The summed E-state index contributed by atoms with van der Waals surface area (Å²) in [6.45, 7) is 4.84. The van der Waals surface area contributed by atoms with Gasteiger partial charge in [-0.05, 0) is 31.5 Å². The van der Waals surface area contributed by atoms with Crippen molar-refractivity contribution in [3.05, 3.63) is 28.2 Å². The third-order valence-electron chi connectivity index (χ3n) is 3.01. The predicted molar refractivity (Wildman–Crippen MR) is 81.4 cm³/mol. The van der Waals surface area contributed by atoms with Crippen molar-refractivity contribution in [2.45, 2.75) is 20.0 Å². The van der Waals surface area contributed by atoms with E-state index in [9.17, 15) is 9.90 Å². The molecule has 0 fully saturated rings. The van der Waals surface area contributed by atoms with Crippen LogP contribution < -0.4 is 4.90 Å². The second kappa shape index (κ2) is 6.91. The summed E-state index contributed by atoms with van der Waals surface area (Å²) in [5.74, 6) is 0.0672. The molecule has 1 atom stereocenters. The van der Waals surface area contributed by atoms with Gasteiger partial charge in [0.25, 0.3) is 0 Å². The molecule has 5 heteroatoms. The summed E-state index contributed by atoms with van der Waals surface area (Å²) >= 11 is 3.46. The summed E-state index contributed by atoms with van der Waals surface area (Å²) in [5, 5.41) is 9.61. The maximum Gasteiger partial charge on any atom is 0.241 e. The number of hydrogen-bond acceptors (Lipinski definition) is 3. The van der Waals surface area contributed by atoms with Gasteiger partial charge in [-0.2, -0.15) is 0 Å². The van der Waals surface area contributed by atoms with Crippen LogP contribution in [0.3, 0.4) is 0 Å². The zero-order valence-corrected chi connectivity index (χ0v) is 13.4. The molecule has 0 bridgehead atoms. The van der Waals surface area contributed by atoms with Gasteiger partial charge < -0.3 is 14.9 Å². The zero-order valence-electron chi connectivity index (χ0n) is 11.9. The van der Waals surface area contributed by atoms with E-state index < -0.39 is 6.10 Å². The molecular formula is C14H21BrN2O2. The first-order chi connectivity index (χ1) is 8.86. The minimum atomic E-state index is -0.512. The van der Waals surface area contributed by atoms with E-state index in [1.54, 1.807) is 25.9 Å². The summed E-state index contributed by atoms with van der Waals surface area (Å²) in [7, 11) is 3.51. The Labute approximate surface area is 123 Å². The van der Waals surface area contributed by atoms with Crippen molar-refractivity contribution >= 4 is 27.5 Å². The van der Waals surface area contributed by atoms with Gasteiger partial charge in [-0.3, -0.25) is 4.79 Å². The normalized spacial score (nSPS) is 12.1. The molecule has 1 aromatic rings. The highest BCUT2D eigenvalue weighted by Crippen LogP contribution is 2.28. The Balaban J connectivity index is 2.94. The number of carbonyl (C=O) groups is 1. The Bertz CT molecular complexity index is 447. The molecule has 19 heavy (non-hydrogen) atoms. The molecule has 0 unspecified atom stereocenters. The highest BCUT2D eigenvalue weighted by Gasteiger charge is 2.13. The van der Waals surface area contributed by atoms with Gasteiger partial charge in [-0.25, -0.2) is 0 Å². The average Bonchev–Trinajstić information content (AvgIpc) is 2.34. The molecule has 0 saturated heterocycles. The van der Waals surface area contributed by atoms with Crippen molar-refractivity contribution < 1.29 is 9.90 Å². The number of hydrogen-bond donors (Lipinski definition) is 1. The quantitative estimate of drug-likeness (QED) is 0.902. The SMILES string of the molecule is CCN(CC(=O)N(C)C)c1ccc([C@H](C)O)c(Br)c1. The first kappa shape index (κ1) is 16.0. The van der Waals surface area contributed by atoms with E-state index in [0.717, 1.165) is 22.3 Å². The van der Waals surface area contributed by atoms with Crippen LogP contribution in [0.1, 0.15) is 25.5 Å². The van der Waals surface area contributed by atoms with Crippen LogP contribution in [-0.4, -0.2) is 43.1 Å². The van der Waals surface area contributed by atoms with Crippen molar-refractivity contribution in [3.8, 4) is 0 Å². The lowest BCUT2D eigenvalue weighted by molar-refractivity contribution is -0.127. The molecule has 106 valence electrons. The highest BCUT2D eigenvalue weighted by molar-refractivity contribution is 9.10. The van der Waals surface area contributed by atoms with Crippen molar-refractivity contribution in [2.24, 2.45) is 0 Å². The Hall–Kier alpha value is -1.07. The number of benzene rings is 1. The molecule has 0 aliphatic rings. The number of rotatable bonds is 5. The average molecular weight is 329 g/mol. The Morgan fingerprint density at radius 3 is 2.47 bits per heavy atom. The second-order valence-electron chi connectivity index (χ2n) is 4.68. The Kier molecular flexibility index (Phi) is 5.82. The topological polar surface area (TPSA) is 43.8 Å². The van der Waals surface area contributed by atoms with Gasteiger partial charge in [-0.1, -0.05) is 22.0 Å². The van der Waals surface area contributed by atoms with Crippen LogP contribution in [-0.2, 0) is 4.79 Å². The molecule has 0 heterocycles.